The van der Waals surface area contributed by atoms with Crippen molar-refractivity contribution in [3.8, 4) is 0 Å². The molecule has 0 bridgehead atoms. The third-order valence-electron chi connectivity index (χ3n) is 2.93. The van der Waals surface area contributed by atoms with Crippen molar-refractivity contribution >= 4 is 5.97 Å². The van der Waals surface area contributed by atoms with Gasteiger partial charge in [0.2, 0.25) is 0 Å². The molecule has 0 amide bonds. The van der Waals surface area contributed by atoms with Crippen molar-refractivity contribution in [1.29, 1.82) is 0 Å². The Bertz CT molecular complexity index is 258. The van der Waals surface area contributed by atoms with Crippen molar-refractivity contribution in [2.75, 3.05) is 6.61 Å². The SMILES string of the molecule is CCCCCC(O)(C(=O)O)C(O)C(O)C(O)CO. The molecule has 4 unspecified atom stereocenters. The number of carbonyl (C=O) groups is 1. The van der Waals surface area contributed by atoms with Crippen molar-refractivity contribution in [1.82, 2.24) is 0 Å². The maximum atomic E-state index is 11.0. The quantitative estimate of drug-likeness (QED) is 0.278. The van der Waals surface area contributed by atoms with Gasteiger partial charge in [-0.15, -0.1) is 0 Å². The lowest BCUT2D eigenvalue weighted by Crippen LogP contribution is -2.58. The van der Waals surface area contributed by atoms with E-state index in [0.717, 1.165) is 6.42 Å². The molecule has 7 nitrogen and oxygen atoms in total. The molecule has 0 aliphatic heterocycles. The monoisotopic (exact) mass is 266 g/mol. The Labute approximate surface area is 105 Å². The molecule has 0 fully saturated rings. The molecule has 7 heteroatoms. The van der Waals surface area contributed by atoms with E-state index in [2.05, 4.69) is 0 Å². The van der Waals surface area contributed by atoms with Crippen molar-refractivity contribution in [2.45, 2.75) is 56.5 Å². The number of aliphatic hydroxyl groups is 5. The van der Waals surface area contributed by atoms with Gasteiger partial charge in [-0.1, -0.05) is 19.8 Å². The van der Waals surface area contributed by atoms with E-state index in [1.807, 2.05) is 6.92 Å². The molecular weight excluding hydrogens is 244 g/mol. The van der Waals surface area contributed by atoms with Gasteiger partial charge in [-0.05, 0) is 12.8 Å². The fourth-order valence-electron chi connectivity index (χ4n) is 1.63. The van der Waals surface area contributed by atoms with Crippen LogP contribution in [0.5, 0.6) is 0 Å². The second kappa shape index (κ2) is 7.65. The summed E-state index contributed by atoms with van der Waals surface area (Å²) in [5, 5.41) is 55.7. The molecule has 108 valence electrons. The van der Waals surface area contributed by atoms with Crippen LogP contribution in [0.3, 0.4) is 0 Å². The molecule has 0 spiro atoms. The van der Waals surface area contributed by atoms with Gasteiger partial charge in [0.25, 0.3) is 0 Å². The largest absolute Gasteiger partial charge is 0.479 e. The fraction of sp³-hybridized carbons (Fsp3) is 0.909. The summed E-state index contributed by atoms with van der Waals surface area (Å²) >= 11 is 0. The number of hydrogen-bond acceptors (Lipinski definition) is 6. The maximum absolute atomic E-state index is 11.0. The minimum atomic E-state index is -2.54. The molecule has 0 aliphatic rings. The Hall–Kier alpha value is -0.730. The summed E-state index contributed by atoms with van der Waals surface area (Å²) in [7, 11) is 0. The Kier molecular flexibility index (Phi) is 7.34. The van der Waals surface area contributed by atoms with E-state index >= 15 is 0 Å². The minimum Gasteiger partial charge on any atom is -0.479 e. The lowest BCUT2D eigenvalue weighted by molar-refractivity contribution is -0.192. The predicted octanol–water partition coefficient (Wildman–Crippen LogP) is -1.54. The highest BCUT2D eigenvalue weighted by Gasteiger charge is 2.47. The molecular formula is C11H22O7. The fourth-order valence-corrected chi connectivity index (χ4v) is 1.63. The van der Waals surface area contributed by atoms with Crippen LogP contribution in [0, 0.1) is 0 Å². The van der Waals surface area contributed by atoms with Crippen LogP contribution in [0.1, 0.15) is 32.6 Å². The van der Waals surface area contributed by atoms with E-state index in [9.17, 15) is 20.1 Å². The summed E-state index contributed by atoms with van der Waals surface area (Å²) in [5.74, 6) is -1.67. The van der Waals surface area contributed by atoms with Gasteiger partial charge >= 0.3 is 5.97 Å². The predicted molar refractivity (Wildman–Crippen MR) is 61.8 cm³/mol. The summed E-state index contributed by atoms with van der Waals surface area (Å²) in [5.41, 5.74) is -2.54. The Morgan fingerprint density at radius 3 is 2.17 bits per heavy atom. The molecule has 4 atom stereocenters. The van der Waals surface area contributed by atoms with E-state index in [1.54, 1.807) is 0 Å². The molecule has 0 aromatic heterocycles. The van der Waals surface area contributed by atoms with Gasteiger partial charge < -0.3 is 30.6 Å². The Balaban J connectivity index is 4.80. The highest BCUT2D eigenvalue weighted by molar-refractivity contribution is 5.78. The number of aliphatic hydroxyl groups excluding tert-OH is 4. The normalized spacial score (nSPS) is 19.9. The summed E-state index contributed by atoms with van der Waals surface area (Å²) in [4.78, 5) is 11.0. The average Bonchev–Trinajstić information content (AvgIpc) is 2.35. The number of hydrogen-bond donors (Lipinski definition) is 6. The third-order valence-corrected chi connectivity index (χ3v) is 2.93. The number of carboxylic acids is 1. The molecule has 6 N–H and O–H groups in total. The van der Waals surface area contributed by atoms with Gasteiger partial charge in [0.15, 0.2) is 5.60 Å². The van der Waals surface area contributed by atoms with Crippen molar-refractivity contribution in [3.63, 3.8) is 0 Å². The van der Waals surface area contributed by atoms with E-state index < -0.39 is 36.5 Å². The first-order chi connectivity index (χ1) is 8.31. The van der Waals surface area contributed by atoms with Gasteiger partial charge in [-0.3, -0.25) is 0 Å². The lowest BCUT2D eigenvalue weighted by Gasteiger charge is -2.33. The molecule has 0 aromatic carbocycles. The molecule has 0 aromatic rings. The first-order valence-electron chi connectivity index (χ1n) is 5.92. The topological polar surface area (TPSA) is 138 Å². The van der Waals surface area contributed by atoms with Crippen molar-refractivity contribution < 1.29 is 35.4 Å². The van der Waals surface area contributed by atoms with Crippen LogP contribution >= 0.6 is 0 Å². The summed E-state index contributed by atoms with van der Waals surface area (Å²) in [6.07, 6.45) is -4.14. The molecule has 0 rings (SSSR count). The summed E-state index contributed by atoms with van der Waals surface area (Å²) in [6, 6.07) is 0. The maximum Gasteiger partial charge on any atom is 0.338 e. The standard InChI is InChI=1S/C11H22O7/c1-2-3-4-5-11(18,10(16)17)9(15)8(14)7(13)6-12/h7-9,12-15,18H,2-6H2,1H3,(H,16,17). The number of unbranched alkanes of at least 4 members (excludes halogenated alkanes) is 2. The molecule has 18 heavy (non-hydrogen) atoms. The Morgan fingerprint density at radius 1 is 1.22 bits per heavy atom. The number of rotatable bonds is 9. The third kappa shape index (κ3) is 4.18. The average molecular weight is 266 g/mol. The Morgan fingerprint density at radius 2 is 1.78 bits per heavy atom. The van der Waals surface area contributed by atoms with Crippen LogP contribution in [0.2, 0.25) is 0 Å². The zero-order valence-corrected chi connectivity index (χ0v) is 10.4. The van der Waals surface area contributed by atoms with Gasteiger partial charge in [0, 0.05) is 0 Å². The van der Waals surface area contributed by atoms with Crippen LogP contribution in [-0.2, 0) is 4.79 Å². The molecule has 0 radical (unpaired) electrons. The van der Waals surface area contributed by atoms with E-state index in [1.165, 1.54) is 0 Å². The van der Waals surface area contributed by atoms with E-state index in [4.69, 9.17) is 15.3 Å². The summed E-state index contributed by atoms with van der Waals surface area (Å²) in [6.45, 7) is 1.05. The van der Waals surface area contributed by atoms with E-state index in [0.29, 0.717) is 12.8 Å². The number of aliphatic carboxylic acids is 1. The zero-order chi connectivity index (χ0) is 14.3. The van der Waals surface area contributed by atoms with Crippen LogP contribution < -0.4 is 0 Å². The lowest BCUT2D eigenvalue weighted by atomic mass is 9.85. The van der Waals surface area contributed by atoms with Gasteiger partial charge in [-0.25, -0.2) is 4.79 Å². The van der Waals surface area contributed by atoms with Crippen LogP contribution in [0.25, 0.3) is 0 Å². The van der Waals surface area contributed by atoms with Gasteiger partial charge in [0.1, 0.15) is 18.3 Å². The zero-order valence-electron chi connectivity index (χ0n) is 10.4. The first-order valence-corrected chi connectivity index (χ1v) is 5.92. The van der Waals surface area contributed by atoms with Crippen LogP contribution in [-0.4, -0.2) is 67.1 Å². The van der Waals surface area contributed by atoms with Crippen LogP contribution in [0.4, 0.5) is 0 Å². The smallest absolute Gasteiger partial charge is 0.338 e. The van der Waals surface area contributed by atoms with Crippen LogP contribution in [0.15, 0.2) is 0 Å². The second-order valence-electron chi connectivity index (χ2n) is 4.37. The number of carboxylic acid groups (broad SMARTS) is 1. The minimum absolute atomic E-state index is 0.244. The first kappa shape index (κ1) is 17.3. The molecule has 0 heterocycles. The molecule has 0 aliphatic carbocycles. The van der Waals surface area contributed by atoms with Gasteiger partial charge in [-0.2, -0.15) is 0 Å². The van der Waals surface area contributed by atoms with Gasteiger partial charge in [0.05, 0.1) is 6.61 Å². The van der Waals surface area contributed by atoms with E-state index in [-0.39, 0.29) is 6.42 Å². The molecule has 0 saturated heterocycles. The van der Waals surface area contributed by atoms with Crippen molar-refractivity contribution in [3.05, 3.63) is 0 Å². The highest BCUT2D eigenvalue weighted by Crippen LogP contribution is 2.23. The molecule has 0 saturated carbocycles. The highest BCUT2D eigenvalue weighted by atomic mass is 16.4. The summed E-state index contributed by atoms with van der Waals surface area (Å²) < 4.78 is 0. The van der Waals surface area contributed by atoms with Crippen molar-refractivity contribution in [2.24, 2.45) is 0 Å². The second-order valence-corrected chi connectivity index (χ2v) is 4.37.